The Bertz CT molecular complexity index is 178. The molecule has 0 bridgehead atoms. The van der Waals surface area contributed by atoms with Gasteiger partial charge >= 0.3 is 6.16 Å². The summed E-state index contributed by atoms with van der Waals surface area (Å²) in [6.45, 7) is 4.23. The lowest BCUT2D eigenvalue weighted by molar-refractivity contribution is 0.0324. The smallest absolute Gasteiger partial charge is 0.434 e. The van der Waals surface area contributed by atoms with Crippen LogP contribution >= 0.6 is 11.6 Å². The van der Waals surface area contributed by atoms with E-state index in [4.69, 9.17) is 21.1 Å². The highest BCUT2D eigenvalue weighted by Crippen LogP contribution is 2.29. The fourth-order valence-corrected chi connectivity index (χ4v) is 0.805. The van der Waals surface area contributed by atoms with Gasteiger partial charge in [0.05, 0.1) is 6.61 Å². The summed E-state index contributed by atoms with van der Waals surface area (Å²) in [5, 5.41) is 0. The fourth-order valence-electron chi connectivity index (χ4n) is 0.732. The van der Waals surface area contributed by atoms with Crippen molar-refractivity contribution in [2.75, 3.05) is 6.61 Å². The van der Waals surface area contributed by atoms with Gasteiger partial charge < -0.3 is 9.47 Å². The van der Waals surface area contributed by atoms with Crippen LogP contribution in [0.1, 0.15) is 26.7 Å². The largest absolute Gasteiger partial charge is 0.509 e. The molecule has 13 heavy (non-hydrogen) atoms. The SMILES string of the molecule is CC(C)[C@@H](Cl)OC(=O)OCC1CC1. The van der Waals surface area contributed by atoms with E-state index in [1.54, 1.807) is 0 Å². The minimum Gasteiger partial charge on any atom is -0.434 e. The molecule has 3 nitrogen and oxygen atoms in total. The van der Waals surface area contributed by atoms with E-state index >= 15 is 0 Å². The number of carbonyl (C=O) groups is 1. The van der Waals surface area contributed by atoms with Gasteiger partial charge in [0.25, 0.3) is 0 Å². The molecule has 0 radical (unpaired) electrons. The molecule has 1 saturated carbocycles. The molecule has 0 amide bonds. The van der Waals surface area contributed by atoms with Crippen LogP contribution in [0.15, 0.2) is 0 Å². The van der Waals surface area contributed by atoms with E-state index in [2.05, 4.69) is 0 Å². The number of ether oxygens (including phenoxy) is 2. The molecule has 0 spiro atoms. The van der Waals surface area contributed by atoms with Crippen LogP contribution in [0.3, 0.4) is 0 Å². The summed E-state index contributed by atoms with van der Waals surface area (Å²) >= 11 is 5.72. The van der Waals surface area contributed by atoms with Gasteiger partial charge in [0, 0.05) is 5.92 Å². The van der Waals surface area contributed by atoms with E-state index in [0.29, 0.717) is 12.5 Å². The number of alkyl halides is 1. The first kappa shape index (κ1) is 10.6. The highest BCUT2D eigenvalue weighted by molar-refractivity contribution is 6.20. The Kier molecular flexibility index (Phi) is 3.85. The van der Waals surface area contributed by atoms with Crippen molar-refractivity contribution in [3.63, 3.8) is 0 Å². The Morgan fingerprint density at radius 2 is 2.15 bits per heavy atom. The van der Waals surface area contributed by atoms with Gasteiger partial charge in [-0.3, -0.25) is 0 Å². The molecule has 1 aliphatic carbocycles. The lowest BCUT2D eigenvalue weighted by Crippen LogP contribution is -2.19. The van der Waals surface area contributed by atoms with Crippen molar-refractivity contribution in [1.29, 1.82) is 0 Å². The van der Waals surface area contributed by atoms with Crippen LogP contribution in [0.4, 0.5) is 4.79 Å². The molecular weight excluding hydrogens is 192 g/mol. The molecule has 0 aliphatic heterocycles. The molecule has 1 fully saturated rings. The molecule has 0 saturated heterocycles. The van der Waals surface area contributed by atoms with E-state index in [1.165, 1.54) is 0 Å². The van der Waals surface area contributed by atoms with Gasteiger partial charge in [0.1, 0.15) is 0 Å². The standard InChI is InChI=1S/C9H15ClO3/c1-6(2)8(10)13-9(11)12-5-7-3-4-7/h6-8H,3-5H2,1-2H3/t8-/m0/s1. The molecule has 76 valence electrons. The highest BCUT2D eigenvalue weighted by Gasteiger charge is 2.24. The van der Waals surface area contributed by atoms with Crippen molar-refractivity contribution < 1.29 is 14.3 Å². The Balaban J connectivity index is 2.08. The number of hydrogen-bond donors (Lipinski definition) is 0. The van der Waals surface area contributed by atoms with Gasteiger partial charge in [-0.05, 0) is 18.8 Å². The van der Waals surface area contributed by atoms with E-state index in [1.807, 2.05) is 13.8 Å². The van der Waals surface area contributed by atoms with Crippen LogP contribution in [0, 0.1) is 11.8 Å². The molecule has 0 unspecified atom stereocenters. The second-order valence-electron chi connectivity index (χ2n) is 3.72. The zero-order valence-electron chi connectivity index (χ0n) is 7.96. The van der Waals surface area contributed by atoms with Crippen LogP contribution in [0.2, 0.25) is 0 Å². The summed E-state index contributed by atoms with van der Waals surface area (Å²) in [6.07, 6.45) is 1.66. The molecule has 0 aromatic carbocycles. The van der Waals surface area contributed by atoms with Gasteiger partial charge in [-0.2, -0.15) is 0 Å². The average Bonchev–Trinajstić information content (AvgIpc) is 2.83. The summed E-state index contributed by atoms with van der Waals surface area (Å²) < 4.78 is 9.64. The van der Waals surface area contributed by atoms with Crippen molar-refractivity contribution in [3.05, 3.63) is 0 Å². The van der Waals surface area contributed by atoms with E-state index < -0.39 is 11.7 Å². The third kappa shape index (κ3) is 4.36. The minimum atomic E-state index is -0.652. The van der Waals surface area contributed by atoms with Gasteiger partial charge in [-0.15, -0.1) is 0 Å². The average molecular weight is 207 g/mol. The zero-order valence-corrected chi connectivity index (χ0v) is 8.71. The zero-order chi connectivity index (χ0) is 9.84. The highest BCUT2D eigenvalue weighted by atomic mass is 35.5. The third-order valence-electron chi connectivity index (χ3n) is 1.87. The van der Waals surface area contributed by atoms with E-state index in [0.717, 1.165) is 12.8 Å². The molecule has 1 aliphatic rings. The molecule has 0 aromatic heterocycles. The van der Waals surface area contributed by atoms with Gasteiger partial charge in [0.2, 0.25) is 0 Å². The van der Waals surface area contributed by atoms with Crippen LogP contribution in [0.5, 0.6) is 0 Å². The first-order chi connectivity index (χ1) is 6.09. The monoisotopic (exact) mass is 206 g/mol. The van der Waals surface area contributed by atoms with Crippen molar-refractivity contribution in [1.82, 2.24) is 0 Å². The lowest BCUT2D eigenvalue weighted by Gasteiger charge is -2.13. The fraction of sp³-hybridized carbons (Fsp3) is 0.889. The molecule has 1 atom stereocenters. The van der Waals surface area contributed by atoms with Gasteiger partial charge in [-0.25, -0.2) is 4.79 Å². The normalized spacial score (nSPS) is 18.5. The third-order valence-corrected chi connectivity index (χ3v) is 2.46. The summed E-state index contributed by atoms with van der Waals surface area (Å²) in [7, 11) is 0. The summed E-state index contributed by atoms with van der Waals surface area (Å²) in [4.78, 5) is 11.0. The molecular formula is C9H15ClO3. The lowest BCUT2D eigenvalue weighted by atomic mass is 10.2. The first-order valence-electron chi connectivity index (χ1n) is 4.57. The summed E-state index contributed by atoms with van der Waals surface area (Å²) in [5.74, 6) is 0.663. The number of hydrogen-bond acceptors (Lipinski definition) is 3. The van der Waals surface area contributed by atoms with Crippen LogP contribution in [0.25, 0.3) is 0 Å². The second kappa shape index (κ2) is 4.70. The predicted octanol–water partition coefficient (Wildman–Crippen LogP) is 2.77. The molecule has 0 N–H and O–H groups in total. The Morgan fingerprint density at radius 1 is 1.54 bits per heavy atom. The summed E-state index contributed by atoms with van der Waals surface area (Å²) in [6, 6.07) is 0. The van der Waals surface area contributed by atoms with Crippen LogP contribution in [-0.2, 0) is 9.47 Å². The van der Waals surface area contributed by atoms with Crippen molar-refractivity contribution >= 4 is 17.8 Å². The predicted molar refractivity (Wildman–Crippen MR) is 49.6 cm³/mol. The van der Waals surface area contributed by atoms with E-state index in [9.17, 15) is 4.79 Å². The minimum absolute atomic E-state index is 0.107. The molecule has 4 heteroatoms. The Hall–Kier alpha value is -0.440. The van der Waals surface area contributed by atoms with Gasteiger partial charge in [-0.1, -0.05) is 25.4 Å². The quantitative estimate of drug-likeness (QED) is 0.524. The Morgan fingerprint density at radius 3 is 2.62 bits per heavy atom. The van der Waals surface area contributed by atoms with Crippen LogP contribution < -0.4 is 0 Å². The van der Waals surface area contributed by atoms with Crippen LogP contribution in [-0.4, -0.2) is 18.3 Å². The second-order valence-corrected chi connectivity index (χ2v) is 4.15. The topological polar surface area (TPSA) is 35.5 Å². The molecule has 0 heterocycles. The Labute approximate surface area is 83.3 Å². The maximum absolute atomic E-state index is 11.0. The summed E-state index contributed by atoms with van der Waals surface area (Å²) in [5.41, 5.74) is -0.591. The van der Waals surface area contributed by atoms with Crippen molar-refractivity contribution in [2.45, 2.75) is 32.3 Å². The number of rotatable bonds is 4. The molecule has 0 aromatic rings. The maximum atomic E-state index is 11.0. The van der Waals surface area contributed by atoms with Crippen molar-refractivity contribution in [2.24, 2.45) is 11.8 Å². The maximum Gasteiger partial charge on any atom is 0.509 e. The number of carbonyl (C=O) groups excluding carboxylic acids is 1. The first-order valence-corrected chi connectivity index (χ1v) is 5.00. The van der Waals surface area contributed by atoms with E-state index in [-0.39, 0.29) is 5.92 Å². The molecule has 1 rings (SSSR count). The van der Waals surface area contributed by atoms with Crippen molar-refractivity contribution in [3.8, 4) is 0 Å². The number of halogens is 1. The van der Waals surface area contributed by atoms with Gasteiger partial charge in [0.15, 0.2) is 5.56 Å².